The van der Waals surface area contributed by atoms with E-state index in [0.717, 1.165) is 11.3 Å². The zero-order valence-electron chi connectivity index (χ0n) is 16.7. The van der Waals surface area contributed by atoms with Crippen LogP contribution in [0.4, 0.5) is 5.69 Å². The summed E-state index contributed by atoms with van der Waals surface area (Å²) >= 11 is 1.34. The third kappa shape index (κ3) is 4.12. The van der Waals surface area contributed by atoms with Crippen LogP contribution in [0.3, 0.4) is 0 Å². The van der Waals surface area contributed by atoms with Gasteiger partial charge in [-0.3, -0.25) is 14.2 Å². The molecule has 0 spiro atoms. The lowest BCUT2D eigenvalue weighted by Crippen LogP contribution is -2.28. The van der Waals surface area contributed by atoms with Gasteiger partial charge >= 0.3 is 0 Å². The Hall–Kier alpha value is -2.60. The maximum Gasteiger partial charge on any atom is 0.262 e. The van der Waals surface area contributed by atoms with Crippen LogP contribution in [0.5, 0.6) is 0 Å². The van der Waals surface area contributed by atoms with Gasteiger partial charge in [0.15, 0.2) is 5.16 Å². The van der Waals surface area contributed by atoms with Crippen molar-refractivity contribution in [2.75, 3.05) is 5.32 Å². The number of aryl methyl sites for hydroxylation is 2. The van der Waals surface area contributed by atoms with Crippen LogP contribution in [0.1, 0.15) is 31.4 Å². The Kier molecular flexibility index (Phi) is 6.19. The SMILES string of the molecule is CCC(Sc1nc2ccccc2c(=O)n1CC)C(=O)Nc1ccc(C)c(C)c1. The van der Waals surface area contributed by atoms with Crippen molar-refractivity contribution < 1.29 is 4.79 Å². The van der Waals surface area contributed by atoms with Gasteiger partial charge in [-0.05, 0) is 62.6 Å². The van der Waals surface area contributed by atoms with Gasteiger partial charge < -0.3 is 5.32 Å². The molecule has 1 amide bonds. The monoisotopic (exact) mass is 395 g/mol. The number of benzene rings is 2. The van der Waals surface area contributed by atoms with Crippen LogP contribution in [0.2, 0.25) is 0 Å². The smallest absolute Gasteiger partial charge is 0.262 e. The summed E-state index contributed by atoms with van der Waals surface area (Å²) < 4.78 is 1.64. The quantitative estimate of drug-likeness (QED) is 0.491. The summed E-state index contributed by atoms with van der Waals surface area (Å²) in [6.07, 6.45) is 0.633. The minimum absolute atomic E-state index is 0.0694. The zero-order chi connectivity index (χ0) is 20.3. The first-order valence-corrected chi connectivity index (χ1v) is 10.4. The fraction of sp³-hybridized carbons (Fsp3) is 0.318. The largest absolute Gasteiger partial charge is 0.325 e. The molecule has 1 aromatic heterocycles. The van der Waals surface area contributed by atoms with Crippen LogP contribution in [0.15, 0.2) is 52.4 Å². The Bertz CT molecular complexity index is 1080. The molecule has 0 bridgehead atoms. The van der Waals surface area contributed by atoms with Crippen molar-refractivity contribution in [2.45, 2.75) is 51.1 Å². The van der Waals surface area contributed by atoms with Gasteiger partial charge in [-0.25, -0.2) is 4.98 Å². The number of fused-ring (bicyclic) bond motifs is 1. The summed E-state index contributed by atoms with van der Waals surface area (Å²) in [4.78, 5) is 30.3. The molecule has 0 aliphatic heterocycles. The zero-order valence-corrected chi connectivity index (χ0v) is 17.5. The number of carbonyl (C=O) groups is 1. The summed E-state index contributed by atoms with van der Waals surface area (Å²) in [5.74, 6) is -0.0826. The van der Waals surface area contributed by atoms with Crippen LogP contribution in [-0.2, 0) is 11.3 Å². The van der Waals surface area contributed by atoms with Gasteiger partial charge in [0.1, 0.15) is 0 Å². The number of thioether (sulfide) groups is 1. The number of nitrogens with zero attached hydrogens (tertiary/aromatic N) is 2. The Balaban J connectivity index is 1.88. The number of rotatable bonds is 6. The Morgan fingerprint density at radius 3 is 2.57 bits per heavy atom. The second-order valence-corrected chi connectivity index (χ2v) is 7.93. The second kappa shape index (κ2) is 8.61. The molecule has 0 fully saturated rings. The molecule has 0 radical (unpaired) electrons. The molecule has 1 unspecified atom stereocenters. The molecule has 1 N–H and O–H groups in total. The highest BCUT2D eigenvalue weighted by atomic mass is 32.2. The number of anilines is 1. The van der Waals surface area contributed by atoms with Crippen LogP contribution in [0, 0.1) is 13.8 Å². The van der Waals surface area contributed by atoms with Crippen molar-refractivity contribution >= 4 is 34.3 Å². The third-order valence-corrected chi connectivity index (χ3v) is 6.18. The predicted octanol–water partition coefficient (Wildman–Crippen LogP) is 4.54. The van der Waals surface area contributed by atoms with Crippen molar-refractivity contribution in [3.63, 3.8) is 0 Å². The van der Waals surface area contributed by atoms with Gasteiger partial charge in [-0.15, -0.1) is 0 Å². The van der Waals surface area contributed by atoms with Crippen molar-refractivity contribution in [2.24, 2.45) is 0 Å². The molecular formula is C22H25N3O2S. The molecule has 0 aliphatic carbocycles. The summed E-state index contributed by atoms with van der Waals surface area (Å²) in [7, 11) is 0. The molecule has 0 saturated heterocycles. The molecule has 146 valence electrons. The molecule has 6 heteroatoms. The fourth-order valence-electron chi connectivity index (χ4n) is 3.01. The van der Waals surface area contributed by atoms with E-state index in [0.29, 0.717) is 29.0 Å². The number of nitrogens with one attached hydrogen (secondary N) is 1. The summed E-state index contributed by atoms with van der Waals surface area (Å²) in [6, 6.07) is 13.2. The number of para-hydroxylation sites is 1. The highest BCUT2D eigenvalue weighted by Crippen LogP contribution is 2.26. The number of aromatic nitrogens is 2. The summed E-state index contributed by atoms with van der Waals surface area (Å²) in [5.41, 5.74) is 3.69. The van der Waals surface area contributed by atoms with Crippen molar-refractivity contribution in [1.29, 1.82) is 0 Å². The summed E-state index contributed by atoms with van der Waals surface area (Å²) in [5, 5.41) is 3.83. The Morgan fingerprint density at radius 2 is 1.89 bits per heavy atom. The number of hydrogen-bond donors (Lipinski definition) is 1. The number of amides is 1. The Morgan fingerprint density at radius 1 is 1.14 bits per heavy atom. The maximum absolute atomic E-state index is 12.8. The molecular weight excluding hydrogens is 370 g/mol. The lowest BCUT2D eigenvalue weighted by Gasteiger charge is -2.17. The Labute approximate surface area is 169 Å². The van der Waals surface area contributed by atoms with E-state index in [1.54, 1.807) is 10.6 Å². The van der Waals surface area contributed by atoms with Crippen LogP contribution in [0.25, 0.3) is 10.9 Å². The summed E-state index contributed by atoms with van der Waals surface area (Å²) in [6.45, 7) is 8.45. The highest BCUT2D eigenvalue weighted by molar-refractivity contribution is 8.00. The predicted molar refractivity (Wildman–Crippen MR) is 116 cm³/mol. The van der Waals surface area contributed by atoms with Crippen LogP contribution < -0.4 is 10.9 Å². The van der Waals surface area contributed by atoms with Crippen molar-refractivity contribution in [3.8, 4) is 0 Å². The van der Waals surface area contributed by atoms with Crippen LogP contribution in [-0.4, -0.2) is 20.7 Å². The van der Waals surface area contributed by atoms with Gasteiger partial charge in [0.25, 0.3) is 5.56 Å². The molecule has 1 heterocycles. The average molecular weight is 396 g/mol. The van der Waals surface area contributed by atoms with Crippen LogP contribution >= 0.6 is 11.8 Å². The van der Waals surface area contributed by atoms with E-state index < -0.39 is 0 Å². The standard InChI is InChI=1S/C22H25N3O2S/c1-5-19(20(26)23-16-12-11-14(3)15(4)13-16)28-22-24-18-10-8-7-9-17(18)21(27)25(22)6-2/h7-13,19H,5-6H2,1-4H3,(H,23,26). The fourth-order valence-corrected chi connectivity index (χ4v) is 4.09. The highest BCUT2D eigenvalue weighted by Gasteiger charge is 2.22. The molecule has 2 aromatic carbocycles. The first kappa shape index (κ1) is 20.1. The molecule has 28 heavy (non-hydrogen) atoms. The first-order chi connectivity index (χ1) is 13.4. The molecule has 0 aliphatic rings. The molecule has 3 rings (SSSR count). The molecule has 5 nitrogen and oxygen atoms in total. The number of hydrogen-bond acceptors (Lipinski definition) is 4. The van der Waals surface area contributed by atoms with Gasteiger partial charge in [0.2, 0.25) is 5.91 Å². The van der Waals surface area contributed by atoms with E-state index in [9.17, 15) is 9.59 Å². The number of carbonyl (C=O) groups excluding carboxylic acids is 1. The lowest BCUT2D eigenvalue weighted by atomic mass is 10.1. The molecule has 1 atom stereocenters. The van der Waals surface area contributed by atoms with Gasteiger partial charge in [0.05, 0.1) is 16.2 Å². The van der Waals surface area contributed by atoms with E-state index in [1.807, 2.05) is 64.1 Å². The third-order valence-electron chi connectivity index (χ3n) is 4.83. The second-order valence-electron chi connectivity index (χ2n) is 6.76. The van der Waals surface area contributed by atoms with E-state index in [4.69, 9.17) is 0 Å². The normalized spacial score (nSPS) is 12.1. The van der Waals surface area contributed by atoms with E-state index >= 15 is 0 Å². The van der Waals surface area contributed by atoms with Gasteiger partial charge in [-0.1, -0.05) is 36.9 Å². The van der Waals surface area contributed by atoms with E-state index in [-0.39, 0.29) is 16.7 Å². The van der Waals surface area contributed by atoms with Gasteiger partial charge in [-0.2, -0.15) is 0 Å². The van der Waals surface area contributed by atoms with E-state index in [1.165, 1.54) is 17.3 Å². The maximum atomic E-state index is 12.8. The average Bonchev–Trinajstić information content (AvgIpc) is 2.69. The first-order valence-electron chi connectivity index (χ1n) is 9.49. The lowest BCUT2D eigenvalue weighted by molar-refractivity contribution is -0.115. The van der Waals surface area contributed by atoms with Gasteiger partial charge in [0, 0.05) is 12.2 Å². The van der Waals surface area contributed by atoms with Crippen molar-refractivity contribution in [3.05, 3.63) is 63.9 Å². The molecule has 0 saturated carbocycles. The molecule has 3 aromatic rings. The minimum Gasteiger partial charge on any atom is -0.325 e. The topological polar surface area (TPSA) is 64.0 Å². The minimum atomic E-state index is -0.340. The van der Waals surface area contributed by atoms with Crippen molar-refractivity contribution in [1.82, 2.24) is 9.55 Å². The van der Waals surface area contributed by atoms with E-state index in [2.05, 4.69) is 10.3 Å².